The third kappa shape index (κ3) is 7.04. The molecule has 0 spiro atoms. The number of guanidine groups is 1. The molecule has 9 heteroatoms. The third-order valence-corrected chi connectivity index (χ3v) is 4.00. The number of anilines is 1. The molecule has 2 rings (SSSR count). The van der Waals surface area contributed by atoms with E-state index in [1.165, 1.54) is 24.3 Å². The quantitative estimate of drug-likeness (QED) is 0.161. The van der Waals surface area contributed by atoms with Crippen molar-refractivity contribution in [2.45, 2.75) is 25.4 Å². The summed E-state index contributed by atoms with van der Waals surface area (Å²) in [5.41, 5.74) is 12.2. The van der Waals surface area contributed by atoms with Crippen LogP contribution in [0.3, 0.4) is 0 Å². The molecule has 0 radical (unpaired) electrons. The molecule has 0 saturated carbocycles. The van der Waals surface area contributed by atoms with Crippen LogP contribution in [0.4, 0.5) is 11.4 Å². The molecule has 0 unspecified atom stereocenters. The first-order valence-electron chi connectivity index (χ1n) is 8.83. The lowest BCUT2D eigenvalue weighted by Gasteiger charge is -2.18. The van der Waals surface area contributed by atoms with Gasteiger partial charge in [0.05, 0.1) is 11.0 Å². The molecule has 0 saturated heterocycles. The zero-order valence-corrected chi connectivity index (χ0v) is 15.4. The van der Waals surface area contributed by atoms with E-state index in [9.17, 15) is 14.9 Å². The number of hydrogen-bond acceptors (Lipinski definition) is 5. The number of rotatable bonds is 10. The summed E-state index contributed by atoms with van der Waals surface area (Å²) in [7, 11) is 0. The Labute approximate surface area is 163 Å². The van der Waals surface area contributed by atoms with E-state index in [4.69, 9.17) is 11.5 Å². The molecule has 1 atom stereocenters. The summed E-state index contributed by atoms with van der Waals surface area (Å²) in [6.07, 6.45) is 1.15. The molecule has 2 aromatic rings. The maximum absolute atomic E-state index is 12.7. The number of amides is 1. The van der Waals surface area contributed by atoms with Gasteiger partial charge in [-0.25, -0.2) is 0 Å². The molecule has 0 heterocycles. The predicted octanol–water partition coefficient (Wildman–Crippen LogP) is 1.75. The summed E-state index contributed by atoms with van der Waals surface area (Å²) >= 11 is 0. The summed E-state index contributed by atoms with van der Waals surface area (Å²) in [6.45, 7) is 0.956. The molecular weight excluding hydrogens is 360 g/mol. The largest absolute Gasteiger partial charge is 0.370 e. The van der Waals surface area contributed by atoms with Gasteiger partial charge >= 0.3 is 0 Å². The van der Waals surface area contributed by atoms with Crippen LogP contribution in [0.25, 0.3) is 0 Å². The van der Waals surface area contributed by atoms with Crippen LogP contribution in [0.5, 0.6) is 0 Å². The van der Waals surface area contributed by atoms with Gasteiger partial charge in [0.1, 0.15) is 0 Å². The van der Waals surface area contributed by atoms with E-state index in [1.54, 1.807) is 0 Å². The van der Waals surface area contributed by atoms with Crippen molar-refractivity contribution in [1.29, 1.82) is 0 Å². The summed E-state index contributed by atoms with van der Waals surface area (Å²) in [4.78, 5) is 26.9. The SMILES string of the molecule is NC(N)=NCCC[C@@H](NCc1ccccc1)C(=O)Nc1ccc([N+](=O)[O-])cc1. The molecular formula is C19H24N6O3. The lowest BCUT2D eigenvalue weighted by atomic mass is 10.1. The second-order valence-electron chi connectivity index (χ2n) is 6.16. The Morgan fingerprint density at radius 3 is 2.39 bits per heavy atom. The van der Waals surface area contributed by atoms with Gasteiger partial charge < -0.3 is 22.1 Å². The van der Waals surface area contributed by atoms with Crippen LogP contribution in [0.1, 0.15) is 18.4 Å². The molecule has 28 heavy (non-hydrogen) atoms. The summed E-state index contributed by atoms with van der Waals surface area (Å²) in [5, 5.41) is 16.8. The van der Waals surface area contributed by atoms with E-state index in [-0.39, 0.29) is 17.6 Å². The number of non-ortho nitro benzene ring substituents is 1. The number of aliphatic imine (C=N–C) groups is 1. The number of carbonyl (C=O) groups is 1. The van der Waals surface area contributed by atoms with E-state index >= 15 is 0 Å². The highest BCUT2D eigenvalue weighted by Crippen LogP contribution is 2.16. The molecule has 148 valence electrons. The summed E-state index contributed by atoms with van der Waals surface area (Å²) in [6, 6.07) is 15.0. The molecule has 2 aromatic carbocycles. The maximum Gasteiger partial charge on any atom is 0.269 e. The molecule has 0 aliphatic heterocycles. The van der Waals surface area contributed by atoms with E-state index < -0.39 is 11.0 Å². The Morgan fingerprint density at radius 2 is 1.79 bits per heavy atom. The van der Waals surface area contributed by atoms with Gasteiger partial charge in [-0.05, 0) is 30.5 Å². The van der Waals surface area contributed by atoms with Crippen molar-refractivity contribution in [3.05, 3.63) is 70.3 Å². The van der Waals surface area contributed by atoms with E-state index in [0.29, 0.717) is 31.6 Å². The standard InChI is InChI=1S/C19H24N6O3/c20-19(21)22-12-4-7-17(23-13-14-5-2-1-3-6-14)18(26)24-15-8-10-16(11-9-15)25(27)28/h1-3,5-6,8-11,17,23H,4,7,12-13H2,(H,24,26)(H4,20,21,22)/t17-/m1/s1. The predicted molar refractivity (Wildman–Crippen MR) is 109 cm³/mol. The monoisotopic (exact) mass is 384 g/mol. The van der Waals surface area contributed by atoms with Crippen LogP contribution in [0.15, 0.2) is 59.6 Å². The zero-order valence-electron chi connectivity index (χ0n) is 15.4. The Morgan fingerprint density at radius 1 is 1.11 bits per heavy atom. The van der Waals surface area contributed by atoms with Crippen molar-refractivity contribution in [2.75, 3.05) is 11.9 Å². The lowest BCUT2D eigenvalue weighted by Crippen LogP contribution is -2.40. The minimum atomic E-state index is -0.487. The summed E-state index contributed by atoms with van der Waals surface area (Å²) < 4.78 is 0. The average molecular weight is 384 g/mol. The van der Waals surface area contributed by atoms with Crippen molar-refractivity contribution in [3.8, 4) is 0 Å². The van der Waals surface area contributed by atoms with Crippen molar-refractivity contribution in [2.24, 2.45) is 16.5 Å². The van der Waals surface area contributed by atoms with Gasteiger partial charge in [0, 0.05) is 30.9 Å². The average Bonchev–Trinajstić information content (AvgIpc) is 2.68. The van der Waals surface area contributed by atoms with Crippen LogP contribution in [0, 0.1) is 10.1 Å². The van der Waals surface area contributed by atoms with Crippen molar-refractivity contribution in [3.63, 3.8) is 0 Å². The second-order valence-corrected chi connectivity index (χ2v) is 6.16. The second kappa shape index (κ2) is 10.6. The fourth-order valence-corrected chi connectivity index (χ4v) is 2.56. The molecule has 0 aliphatic carbocycles. The van der Waals surface area contributed by atoms with E-state index in [2.05, 4.69) is 15.6 Å². The van der Waals surface area contributed by atoms with Gasteiger partial charge in [-0.3, -0.25) is 19.9 Å². The minimum Gasteiger partial charge on any atom is -0.370 e. The summed E-state index contributed by atoms with van der Waals surface area (Å²) in [5.74, 6) is -0.210. The number of carbonyl (C=O) groups excluding carboxylic acids is 1. The smallest absolute Gasteiger partial charge is 0.269 e. The fourth-order valence-electron chi connectivity index (χ4n) is 2.56. The van der Waals surface area contributed by atoms with E-state index in [1.807, 2.05) is 30.3 Å². The van der Waals surface area contributed by atoms with E-state index in [0.717, 1.165) is 5.56 Å². The number of nitrogens with two attached hydrogens (primary N) is 2. The third-order valence-electron chi connectivity index (χ3n) is 4.00. The number of nitro groups is 1. The first-order chi connectivity index (χ1) is 13.5. The highest BCUT2D eigenvalue weighted by molar-refractivity contribution is 5.94. The fraction of sp³-hybridized carbons (Fsp3) is 0.263. The molecule has 0 aliphatic rings. The van der Waals surface area contributed by atoms with Crippen LogP contribution < -0.4 is 22.1 Å². The molecule has 9 nitrogen and oxygen atoms in total. The van der Waals surface area contributed by atoms with Crippen LogP contribution in [-0.2, 0) is 11.3 Å². The number of nitro benzene ring substituents is 1. The van der Waals surface area contributed by atoms with Crippen molar-refractivity contribution in [1.82, 2.24) is 5.32 Å². The van der Waals surface area contributed by atoms with Crippen LogP contribution >= 0.6 is 0 Å². The Bertz CT molecular complexity index is 804. The van der Waals surface area contributed by atoms with Crippen LogP contribution in [0.2, 0.25) is 0 Å². The Balaban J connectivity index is 1.99. The van der Waals surface area contributed by atoms with Gasteiger partial charge in [-0.15, -0.1) is 0 Å². The number of hydrogen-bond donors (Lipinski definition) is 4. The molecule has 0 fully saturated rings. The molecule has 0 aromatic heterocycles. The van der Waals surface area contributed by atoms with Gasteiger partial charge in [-0.2, -0.15) is 0 Å². The van der Waals surface area contributed by atoms with Gasteiger partial charge in [0.25, 0.3) is 5.69 Å². The van der Waals surface area contributed by atoms with Crippen molar-refractivity contribution >= 4 is 23.2 Å². The highest BCUT2D eigenvalue weighted by Gasteiger charge is 2.18. The molecule has 0 bridgehead atoms. The molecule has 6 N–H and O–H groups in total. The Hall–Kier alpha value is -3.46. The topological polar surface area (TPSA) is 149 Å². The normalized spacial score (nSPS) is 11.4. The minimum absolute atomic E-state index is 0.0177. The highest BCUT2D eigenvalue weighted by atomic mass is 16.6. The van der Waals surface area contributed by atoms with Gasteiger partial charge in [-0.1, -0.05) is 30.3 Å². The van der Waals surface area contributed by atoms with Crippen molar-refractivity contribution < 1.29 is 9.72 Å². The number of nitrogens with one attached hydrogen (secondary N) is 2. The first-order valence-corrected chi connectivity index (χ1v) is 8.83. The van der Waals surface area contributed by atoms with Gasteiger partial charge in [0.2, 0.25) is 5.91 Å². The number of benzene rings is 2. The first kappa shape index (κ1) is 20.8. The molecule has 1 amide bonds. The zero-order chi connectivity index (χ0) is 20.4. The van der Waals surface area contributed by atoms with Crippen LogP contribution in [-0.4, -0.2) is 29.4 Å². The maximum atomic E-state index is 12.7. The van der Waals surface area contributed by atoms with Gasteiger partial charge in [0.15, 0.2) is 5.96 Å². The lowest BCUT2D eigenvalue weighted by molar-refractivity contribution is -0.384. The Kier molecular flexibility index (Phi) is 7.92. The number of nitrogens with zero attached hydrogens (tertiary/aromatic N) is 2.